The number of aromatic nitrogens is 1. The summed E-state index contributed by atoms with van der Waals surface area (Å²) in [6.45, 7) is 0.525. The maximum Gasteiger partial charge on any atom is 0.260 e. The van der Waals surface area contributed by atoms with E-state index in [2.05, 4.69) is 20.9 Å². The van der Waals surface area contributed by atoms with Gasteiger partial charge in [0, 0.05) is 24.7 Å². The molecule has 78 valence electrons. The van der Waals surface area contributed by atoms with E-state index in [-0.39, 0.29) is 11.8 Å². The molecule has 2 amide bonds. The first kappa shape index (κ1) is 10.3. The lowest BCUT2D eigenvalue weighted by Gasteiger charge is -2.13. The normalized spacial score (nSPS) is 15.8. The zero-order valence-electron chi connectivity index (χ0n) is 7.94. The number of hydrogen-bond donors (Lipinski definition) is 0. The van der Waals surface area contributed by atoms with E-state index in [1.54, 1.807) is 12.1 Å². The highest BCUT2D eigenvalue weighted by Gasteiger charge is 2.27. The van der Waals surface area contributed by atoms with Gasteiger partial charge in [-0.2, -0.15) is 0 Å². The van der Waals surface area contributed by atoms with Crippen LogP contribution in [0, 0.1) is 0 Å². The van der Waals surface area contributed by atoms with Crippen molar-refractivity contribution in [3.63, 3.8) is 0 Å². The summed E-state index contributed by atoms with van der Waals surface area (Å²) in [5.41, 5.74) is 0.493. The number of carbonyl (C=O) groups is 2. The molecule has 0 saturated carbocycles. The quantitative estimate of drug-likeness (QED) is 0.575. The fourth-order valence-electron chi connectivity index (χ4n) is 1.55. The minimum atomic E-state index is -0.236. The molecule has 0 radical (unpaired) electrons. The molecule has 1 aliphatic rings. The predicted octanol–water partition coefficient (Wildman–Crippen LogP) is 1.61. The summed E-state index contributed by atoms with van der Waals surface area (Å²) in [5, 5.41) is 0. The summed E-state index contributed by atoms with van der Waals surface area (Å²) in [6, 6.07) is 3.23. The number of hydrogen-bond acceptors (Lipinski definition) is 3. The van der Waals surface area contributed by atoms with Crippen LogP contribution in [0.5, 0.6) is 0 Å². The molecular formula is C10H9BrN2O2. The topological polar surface area (TPSA) is 50.3 Å². The molecule has 1 saturated heterocycles. The molecule has 0 atom stereocenters. The molecule has 0 N–H and O–H groups in total. The predicted molar refractivity (Wildman–Crippen MR) is 57.2 cm³/mol. The molecule has 5 heteroatoms. The third kappa shape index (κ3) is 2.07. The van der Waals surface area contributed by atoms with Crippen molar-refractivity contribution < 1.29 is 9.59 Å². The van der Waals surface area contributed by atoms with Crippen molar-refractivity contribution in [2.24, 2.45) is 0 Å². The van der Waals surface area contributed by atoms with Gasteiger partial charge in [0.05, 0.1) is 0 Å². The van der Waals surface area contributed by atoms with Gasteiger partial charge in [0.2, 0.25) is 5.91 Å². The first-order chi connectivity index (χ1) is 7.18. The number of halogens is 1. The standard InChI is InChI=1S/C10H9BrN2O2/c11-8-6-7(3-4-12-8)10(15)13-5-1-2-9(13)14/h3-4,6H,1-2,5H2. The zero-order valence-corrected chi connectivity index (χ0v) is 9.53. The summed E-state index contributed by atoms with van der Waals surface area (Å²) in [7, 11) is 0. The van der Waals surface area contributed by atoms with Crippen LogP contribution in [-0.4, -0.2) is 28.2 Å². The Bertz CT molecular complexity index is 420. The summed E-state index contributed by atoms with van der Waals surface area (Å²) in [4.78, 5) is 28.4. The van der Waals surface area contributed by atoms with Gasteiger partial charge in [-0.3, -0.25) is 14.5 Å². The number of pyridine rings is 1. The van der Waals surface area contributed by atoms with Crippen LogP contribution in [0.1, 0.15) is 23.2 Å². The number of imide groups is 1. The monoisotopic (exact) mass is 268 g/mol. The van der Waals surface area contributed by atoms with Crippen molar-refractivity contribution in [2.45, 2.75) is 12.8 Å². The third-order valence-electron chi connectivity index (χ3n) is 2.29. The summed E-state index contributed by atoms with van der Waals surface area (Å²) >= 11 is 3.19. The lowest BCUT2D eigenvalue weighted by atomic mass is 10.2. The van der Waals surface area contributed by atoms with Crippen molar-refractivity contribution in [2.75, 3.05) is 6.54 Å². The van der Waals surface area contributed by atoms with E-state index in [9.17, 15) is 9.59 Å². The number of rotatable bonds is 1. The highest BCUT2D eigenvalue weighted by molar-refractivity contribution is 9.10. The smallest absolute Gasteiger partial charge is 0.260 e. The molecule has 15 heavy (non-hydrogen) atoms. The number of amides is 2. The van der Waals surface area contributed by atoms with E-state index >= 15 is 0 Å². The number of likely N-dealkylation sites (tertiary alicyclic amines) is 1. The van der Waals surface area contributed by atoms with E-state index < -0.39 is 0 Å². The highest BCUT2D eigenvalue weighted by Crippen LogP contribution is 2.15. The molecule has 2 heterocycles. The van der Waals surface area contributed by atoms with Gasteiger partial charge in [-0.1, -0.05) is 0 Å². The highest BCUT2D eigenvalue weighted by atomic mass is 79.9. The summed E-state index contributed by atoms with van der Waals surface area (Å²) < 4.78 is 0.597. The molecule has 1 fully saturated rings. The fourth-order valence-corrected chi connectivity index (χ4v) is 1.92. The second-order valence-corrected chi connectivity index (χ2v) is 4.13. The minimum absolute atomic E-state index is 0.0899. The van der Waals surface area contributed by atoms with E-state index in [0.29, 0.717) is 23.1 Å². The molecule has 4 nitrogen and oxygen atoms in total. The van der Waals surface area contributed by atoms with Gasteiger partial charge in [0.25, 0.3) is 5.91 Å². The Kier molecular flexibility index (Phi) is 2.81. The number of nitrogens with zero attached hydrogens (tertiary/aromatic N) is 2. The fraction of sp³-hybridized carbons (Fsp3) is 0.300. The van der Waals surface area contributed by atoms with Gasteiger partial charge in [-0.25, -0.2) is 4.98 Å². The van der Waals surface area contributed by atoms with Gasteiger partial charge < -0.3 is 0 Å². The molecule has 0 aromatic carbocycles. The van der Waals surface area contributed by atoms with Gasteiger partial charge in [-0.05, 0) is 34.5 Å². The Labute approximate surface area is 95.4 Å². The Hall–Kier alpha value is -1.23. The zero-order chi connectivity index (χ0) is 10.8. The van der Waals surface area contributed by atoms with E-state index in [1.165, 1.54) is 11.1 Å². The average molecular weight is 269 g/mol. The van der Waals surface area contributed by atoms with Gasteiger partial charge in [0.1, 0.15) is 4.60 Å². The van der Waals surface area contributed by atoms with Crippen molar-refractivity contribution in [1.29, 1.82) is 0 Å². The maximum atomic E-state index is 11.9. The van der Waals surface area contributed by atoms with E-state index in [4.69, 9.17) is 0 Å². The molecule has 0 unspecified atom stereocenters. The van der Waals surface area contributed by atoms with Gasteiger partial charge >= 0.3 is 0 Å². The van der Waals surface area contributed by atoms with Crippen LogP contribution in [0.2, 0.25) is 0 Å². The molecule has 0 spiro atoms. The molecule has 1 aliphatic heterocycles. The molecular weight excluding hydrogens is 260 g/mol. The maximum absolute atomic E-state index is 11.9. The second kappa shape index (κ2) is 4.10. The first-order valence-corrected chi connectivity index (χ1v) is 5.44. The molecule has 0 aliphatic carbocycles. The van der Waals surface area contributed by atoms with E-state index in [1.807, 2.05) is 0 Å². The van der Waals surface area contributed by atoms with Crippen LogP contribution in [0.25, 0.3) is 0 Å². The Morgan fingerprint density at radius 2 is 2.33 bits per heavy atom. The van der Waals surface area contributed by atoms with Crippen LogP contribution in [0.15, 0.2) is 22.9 Å². The van der Waals surface area contributed by atoms with Crippen molar-refractivity contribution in [1.82, 2.24) is 9.88 Å². The van der Waals surface area contributed by atoms with Crippen molar-refractivity contribution in [3.8, 4) is 0 Å². The molecule has 1 aromatic heterocycles. The molecule has 2 rings (SSSR count). The summed E-state index contributed by atoms with van der Waals surface area (Å²) in [5.74, 6) is -0.325. The van der Waals surface area contributed by atoms with Crippen LogP contribution in [-0.2, 0) is 4.79 Å². The van der Waals surface area contributed by atoms with E-state index in [0.717, 1.165) is 6.42 Å². The molecule has 1 aromatic rings. The lowest BCUT2D eigenvalue weighted by molar-refractivity contribution is -0.125. The lowest BCUT2D eigenvalue weighted by Crippen LogP contribution is -2.31. The molecule has 0 bridgehead atoms. The largest absolute Gasteiger partial charge is 0.279 e. The SMILES string of the molecule is O=C1CCCN1C(=O)c1ccnc(Br)c1. The van der Waals surface area contributed by atoms with Gasteiger partial charge in [0.15, 0.2) is 0 Å². The minimum Gasteiger partial charge on any atom is -0.279 e. The van der Waals surface area contributed by atoms with Crippen molar-refractivity contribution in [3.05, 3.63) is 28.5 Å². The van der Waals surface area contributed by atoms with Gasteiger partial charge in [-0.15, -0.1) is 0 Å². The second-order valence-electron chi connectivity index (χ2n) is 3.32. The average Bonchev–Trinajstić information content (AvgIpc) is 2.63. The number of carbonyl (C=O) groups excluding carboxylic acids is 2. The van der Waals surface area contributed by atoms with Crippen LogP contribution in [0.3, 0.4) is 0 Å². The van der Waals surface area contributed by atoms with Crippen LogP contribution < -0.4 is 0 Å². The Balaban J connectivity index is 2.24. The first-order valence-electron chi connectivity index (χ1n) is 4.65. The van der Waals surface area contributed by atoms with Crippen molar-refractivity contribution >= 4 is 27.7 Å². The van der Waals surface area contributed by atoms with Crippen LogP contribution >= 0.6 is 15.9 Å². The Morgan fingerprint density at radius 3 is 2.93 bits per heavy atom. The summed E-state index contributed by atoms with van der Waals surface area (Å²) in [6.07, 6.45) is 2.77. The van der Waals surface area contributed by atoms with Crippen LogP contribution in [0.4, 0.5) is 0 Å². The Morgan fingerprint density at radius 1 is 1.53 bits per heavy atom. The third-order valence-corrected chi connectivity index (χ3v) is 2.73.